The van der Waals surface area contributed by atoms with Crippen LogP contribution in [-0.4, -0.2) is 23.9 Å². The molecule has 0 saturated carbocycles. The summed E-state index contributed by atoms with van der Waals surface area (Å²) in [7, 11) is 0. The Hall–Kier alpha value is -3.34. The van der Waals surface area contributed by atoms with Crippen LogP contribution in [0, 0.1) is 12.3 Å². The maximum atomic E-state index is 7.43. The fraction of sp³-hybridized carbons (Fsp3) is 0.217. The third kappa shape index (κ3) is 4.31. The topological polar surface area (TPSA) is 70.7 Å². The molecule has 0 radical (unpaired) electrons. The summed E-state index contributed by atoms with van der Waals surface area (Å²) >= 11 is 0. The summed E-state index contributed by atoms with van der Waals surface area (Å²) in [4.78, 5) is 11.8. The molecule has 1 aromatic heterocycles. The molecule has 5 heteroatoms. The molecule has 0 fully saturated rings. The van der Waals surface area contributed by atoms with Crippen LogP contribution in [0.4, 0.5) is 0 Å². The zero-order valence-corrected chi connectivity index (χ0v) is 16.5. The van der Waals surface area contributed by atoms with Crippen LogP contribution in [0.2, 0.25) is 0 Å². The zero-order valence-electron chi connectivity index (χ0n) is 16.5. The molecular formula is C23H24N4O. The van der Waals surface area contributed by atoms with E-state index in [4.69, 9.17) is 10.1 Å². The summed E-state index contributed by atoms with van der Waals surface area (Å²) in [6.45, 7) is 9.45. The van der Waals surface area contributed by atoms with E-state index in [0.717, 1.165) is 35.3 Å². The summed E-state index contributed by atoms with van der Waals surface area (Å²) in [6.07, 6.45) is 7.25. The molecule has 0 aliphatic heterocycles. The summed E-state index contributed by atoms with van der Waals surface area (Å²) in [5, 5.41) is 7.43. The van der Waals surface area contributed by atoms with Crippen LogP contribution in [-0.2, 0) is 6.42 Å². The number of rotatable bonds is 4. The van der Waals surface area contributed by atoms with Crippen molar-refractivity contribution in [2.24, 2.45) is 9.98 Å². The number of nitrogens with one attached hydrogen (secondary N) is 1. The van der Waals surface area contributed by atoms with E-state index < -0.39 is 0 Å². The quantitative estimate of drug-likeness (QED) is 0.588. The van der Waals surface area contributed by atoms with E-state index in [0.29, 0.717) is 5.88 Å². The second-order valence-electron chi connectivity index (χ2n) is 6.84. The number of hydrogen-bond acceptors (Lipinski definition) is 3. The normalized spacial score (nSPS) is 14.2. The number of guanidine groups is 1. The summed E-state index contributed by atoms with van der Waals surface area (Å²) in [6, 6.07) is 10.1. The Bertz CT molecular complexity index is 1020. The smallest absolute Gasteiger partial charge is 0.241 e. The average molecular weight is 372 g/mol. The summed E-state index contributed by atoms with van der Waals surface area (Å²) < 4.78 is 6.34. The Morgan fingerprint density at radius 2 is 2.04 bits per heavy atom. The van der Waals surface area contributed by atoms with Crippen molar-refractivity contribution in [2.45, 2.75) is 33.6 Å². The molecule has 142 valence electrons. The number of aryl methyl sites for hydroxylation is 1. The molecule has 1 heterocycles. The lowest BCUT2D eigenvalue weighted by Crippen LogP contribution is -2.10. The monoisotopic (exact) mass is 372 g/mol. The molecule has 1 aliphatic carbocycles. The number of allylic oxidation sites excluding steroid dienone is 2. The first-order chi connectivity index (χ1) is 13.5. The van der Waals surface area contributed by atoms with Gasteiger partial charge in [0.05, 0.1) is 0 Å². The molecule has 1 aromatic carbocycles. The Kier molecular flexibility index (Phi) is 5.94. The number of aromatic nitrogens is 1. The summed E-state index contributed by atoms with van der Waals surface area (Å²) in [5.74, 6) is 1.32. The highest BCUT2D eigenvalue weighted by atomic mass is 16.5. The van der Waals surface area contributed by atoms with Crippen LogP contribution in [0.3, 0.4) is 0 Å². The van der Waals surface area contributed by atoms with Crippen molar-refractivity contribution >= 4 is 30.7 Å². The van der Waals surface area contributed by atoms with E-state index in [-0.39, 0.29) is 5.96 Å². The van der Waals surface area contributed by atoms with E-state index in [1.165, 1.54) is 16.7 Å². The first-order valence-electron chi connectivity index (χ1n) is 9.18. The predicted molar refractivity (Wildman–Crippen MR) is 116 cm³/mol. The second-order valence-corrected chi connectivity index (χ2v) is 6.84. The van der Waals surface area contributed by atoms with Gasteiger partial charge in [-0.15, -0.1) is 0 Å². The van der Waals surface area contributed by atoms with Crippen molar-refractivity contribution in [3.63, 3.8) is 0 Å². The van der Waals surface area contributed by atoms with Gasteiger partial charge in [-0.2, -0.15) is 0 Å². The lowest BCUT2D eigenvalue weighted by molar-refractivity contribution is 0.481. The van der Waals surface area contributed by atoms with Crippen LogP contribution in [0.1, 0.15) is 42.5 Å². The van der Waals surface area contributed by atoms with Crippen molar-refractivity contribution in [1.29, 1.82) is 5.41 Å². The highest BCUT2D eigenvalue weighted by molar-refractivity contribution is 5.95. The van der Waals surface area contributed by atoms with Crippen LogP contribution in [0.5, 0.6) is 5.88 Å². The molecule has 0 amide bonds. The first-order valence-corrected chi connectivity index (χ1v) is 9.18. The maximum Gasteiger partial charge on any atom is 0.241 e. The molecule has 2 aromatic rings. The first kappa shape index (κ1) is 19.4. The second kappa shape index (κ2) is 8.57. The van der Waals surface area contributed by atoms with E-state index in [1.54, 1.807) is 12.4 Å². The van der Waals surface area contributed by atoms with E-state index in [1.807, 2.05) is 25.1 Å². The number of aliphatic imine (C=N–C) groups is 2. The molecule has 0 unspecified atom stereocenters. The lowest BCUT2D eigenvalue weighted by atomic mass is 9.88. The Morgan fingerprint density at radius 3 is 2.82 bits per heavy atom. The molecule has 1 N–H and O–H groups in total. The van der Waals surface area contributed by atoms with Gasteiger partial charge >= 0.3 is 0 Å². The number of benzene rings is 1. The molecule has 0 bridgehead atoms. The van der Waals surface area contributed by atoms with Gasteiger partial charge in [0.25, 0.3) is 0 Å². The molecule has 3 rings (SSSR count). The molecule has 0 saturated heterocycles. The van der Waals surface area contributed by atoms with Gasteiger partial charge in [0, 0.05) is 23.5 Å². The number of fused-ring (bicyclic) bond motifs is 1. The minimum absolute atomic E-state index is 0.120. The van der Waals surface area contributed by atoms with Gasteiger partial charge in [-0.25, -0.2) is 15.0 Å². The Labute approximate surface area is 165 Å². The number of pyridine rings is 1. The lowest BCUT2D eigenvalue weighted by Gasteiger charge is -2.23. The van der Waals surface area contributed by atoms with Crippen molar-refractivity contribution in [3.05, 3.63) is 69.9 Å². The van der Waals surface area contributed by atoms with Crippen molar-refractivity contribution in [1.82, 2.24) is 4.98 Å². The van der Waals surface area contributed by atoms with Gasteiger partial charge in [-0.05, 0) is 80.8 Å². The van der Waals surface area contributed by atoms with Crippen molar-refractivity contribution in [2.75, 3.05) is 0 Å². The van der Waals surface area contributed by atoms with Gasteiger partial charge in [-0.1, -0.05) is 18.2 Å². The highest BCUT2D eigenvalue weighted by Crippen LogP contribution is 2.35. The van der Waals surface area contributed by atoms with E-state index in [2.05, 4.69) is 53.7 Å². The van der Waals surface area contributed by atoms with Crippen molar-refractivity contribution in [3.8, 4) is 5.88 Å². The van der Waals surface area contributed by atoms with Gasteiger partial charge in [0.15, 0.2) is 0 Å². The Balaban J connectivity index is 1.95. The molecule has 0 spiro atoms. The molecule has 5 nitrogen and oxygen atoms in total. The zero-order chi connectivity index (χ0) is 20.1. The largest absolute Gasteiger partial charge is 0.438 e. The number of ether oxygens (including phenoxy) is 1. The van der Waals surface area contributed by atoms with Crippen LogP contribution >= 0.6 is 0 Å². The molecular weight excluding hydrogens is 348 g/mol. The van der Waals surface area contributed by atoms with Crippen LogP contribution in [0.25, 0.3) is 11.8 Å². The van der Waals surface area contributed by atoms with Crippen molar-refractivity contribution < 1.29 is 4.74 Å². The minimum Gasteiger partial charge on any atom is -0.438 e. The van der Waals surface area contributed by atoms with Crippen LogP contribution in [0.15, 0.2) is 57.7 Å². The fourth-order valence-corrected chi connectivity index (χ4v) is 3.23. The van der Waals surface area contributed by atoms with Gasteiger partial charge in [-0.3, -0.25) is 5.41 Å². The average Bonchev–Trinajstić information content (AvgIpc) is 2.69. The highest BCUT2D eigenvalue weighted by Gasteiger charge is 2.20. The third-order valence-corrected chi connectivity index (χ3v) is 4.72. The standard InChI is InChI=1S/C23H24N4O/c1-15(14-27-23(24)25-4)13-18-8-6-12-26-22(18)28-21-17(3)10-11-19-16(2)7-5-9-20(19)21/h5-9,12-14,24H,4,10-11H2,1-3H3/b15-13-,24-23?,27-14?. The van der Waals surface area contributed by atoms with Crippen LogP contribution < -0.4 is 4.74 Å². The van der Waals surface area contributed by atoms with E-state index >= 15 is 0 Å². The molecule has 0 atom stereocenters. The number of hydrogen-bond donors (Lipinski definition) is 1. The fourth-order valence-electron chi connectivity index (χ4n) is 3.23. The van der Waals surface area contributed by atoms with Gasteiger partial charge in [0.1, 0.15) is 5.76 Å². The van der Waals surface area contributed by atoms with E-state index in [9.17, 15) is 0 Å². The third-order valence-electron chi connectivity index (χ3n) is 4.72. The predicted octanol–water partition coefficient (Wildman–Crippen LogP) is 5.26. The van der Waals surface area contributed by atoms with Gasteiger partial charge < -0.3 is 4.74 Å². The molecule has 28 heavy (non-hydrogen) atoms. The number of nitrogens with zero attached hydrogens (tertiary/aromatic N) is 3. The van der Waals surface area contributed by atoms with Gasteiger partial charge in [0.2, 0.25) is 11.8 Å². The molecule has 1 aliphatic rings. The maximum absolute atomic E-state index is 7.43. The Morgan fingerprint density at radius 1 is 1.21 bits per heavy atom. The minimum atomic E-state index is -0.120. The SMILES string of the molecule is C=NC(=N)N=C/C(C)=C\c1cccnc1OC1=C(C)CCc2c(C)cccc21. The summed E-state index contributed by atoms with van der Waals surface area (Å²) in [5.41, 5.74) is 6.71.